The van der Waals surface area contributed by atoms with Crippen molar-refractivity contribution in [3.8, 4) is 0 Å². The number of unbranched alkanes of at least 4 members (excludes halogenated alkanes) is 17. The Hall–Kier alpha value is -2.61. The molecule has 0 aromatic heterocycles. The molecule has 4 aliphatic rings. The van der Waals surface area contributed by atoms with Crippen molar-refractivity contribution in [1.82, 2.24) is 0 Å². The van der Waals surface area contributed by atoms with Gasteiger partial charge in [-0.1, -0.05) is 254 Å². The monoisotopic (exact) mass is 975 g/mol. The summed E-state index contributed by atoms with van der Waals surface area (Å²) in [6.45, 7) is 14.9. The average Bonchev–Trinajstić information content (AvgIpc) is 3.72. The van der Waals surface area contributed by atoms with Crippen LogP contribution in [0.2, 0.25) is 0 Å². The summed E-state index contributed by atoms with van der Waals surface area (Å²) in [6.07, 6.45) is 81.3. The van der Waals surface area contributed by atoms with Gasteiger partial charge in [-0.05, 0) is 155 Å². The highest BCUT2D eigenvalue weighted by Crippen LogP contribution is 2.67. The van der Waals surface area contributed by atoms with E-state index in [9.17, 15) is 4.79 Å². The maximum atomic E-state index is 13.0. The van der Waals surface area contributed by atoms with E-state index >= 15 is 0 Å². The molecule has 0 radical (unpaired) electrons. The standard InChI is InChI=1S/C69H114O2/c1-7-8-9-10-11-12-13-14-15-16-17-18-19-20-21-22-23-24-25-26-27-28-29-30-31-32-33-34-35-36-37-38-39-40-41-42-43-44-45-49-67(70)71-62-54-56-68(5)61(58-62)50-51-63-65-53-52-64(60(4)48-46-47-59(2)3)69(65,6)57-55-66(63)68/h8-9,11-12,14-15,17-18,20-21,23-24,26-27,50,59-60,62-66H,7,10,13,16,19,22,25,28-49,51-58H2,1-6H3/b9-8-,12-11-,15-14-,18-17-,21-20-,24-23-,27-26-. The molecule has 2 nitrogen and oxygen atoms in total. The van der Waals surface area contributed by atoms with E-state index in [2.05, 4.69) is 133 Å². The molecule has 0 amide bonds. The van der Waals surface area contributed by atoms with Crippen LogP contribution in [0.1, 0.15) is 279 Å². The second kappa shape index (κ2) is 37.2. The van der Waals surface area contributed by atoms with Crippen LogP contribution in [0.25, 0.3) is 0 Å². The molecule has 0 saturated heterocycles. The maximum absolute atomic E-state index is 13.0. The predicted octanol–water partition coefficient (Wildman–Crippen LogP) is 22.0. The summed E-state index contributed by atoms with van der Waals surface area (Å²) in [5.74, 6) is 5.30. The van der Waals surface area contributed by atoms with Gasteiger partial charge in [0, 0.05) is 12.8 Å². The fourth-order valence-electron chi connectivity index (χ4n) is 14.1. The number of carbonyl (C=O) groups excluding carboxylic acids is 1. The fourth-order valence-corrected chi connectivity index (χ4v) is 14.1. The number of ether oxygens (including phenoxy) is 1. The molecule has 3 fully saturated rings. The summed E-state index contributed by atoms with van der Waals surface area (Å²) >= 11 is 0. The third-order valence-electron chi connectivity index (χ3n) is 18.3. The van der Waals surface area contributed by atoms with Crippen LogP contribution in [0.15, 0.2) is 96.7 Å². The summed E-state index contributed by atoms with van der Waals surface area (Å²) in [5.41, 5.74) is 2.52. The van der Waals surface area contributed by atoms with Crippen LogP contribution in [0.4, 0.5) is 0 Å². The molecule has 0 aromatic rings. The summed E-state index contributed by atoms with van der Waals surface area (Å²) < 4.78 is 6.18. The van der Waals surface area contributed by atoms with Gasteiger partial charge in [-0.2, -0.15) is 0 Å². The van der Waals surface area contributed by atoms with E-state index < -0.39 is 0 Å². The zero-order valence-corrected chi connectivity index (χ0v) is 47.7. The minimum Gasteiger partial charge on any atom is -0.462 e. The van der Waals surface area contributed by atoms with E-state index in [4.69, 9.17) is 4.74 Å². The molecule has 71 heavy (non-hydrogen) atoms. The van der Waals surface area contributed by atoms with Gasteiger partial charge < -0.3 is 4.74 Å². The third kappa shape index (κ3) is 23.6. The van der Waals surface area contributed by atoms with Crippen molar-refractivity contribution in [2.75, 3.05) is 0 Å². The zero-order valence-electron chi connectivity index (χ0n) is 47.7. The first kappa shape index (κ1) is 60.9. The maximum Gasteiger partial charge on any atom is 0.306 e. The number of esters is 1. The molecule has 0 N–H and O–H groups in total. The lowest BCUT2D eigenvalue weighted by atomic mass is 9.47. The van der Waals surface area contributed by atoms with Crippen molar-refractivity contribution in [3.05, 3.63) is 96.7 Å². The Kier molecular flexibility index (Phi) is 31.9. The van der Waals surface area contributed by atoms with E-state index in [-0.39, 0.29) is 12.1 Å². The number of rotatable bonds is 39. The first-order valence-electron chi connectivity index (χ1n) is 31.1. The molecule has 0 aromatic carbocycles. The Labute approximate surface area is 441 Å². The number of hydrogen-bond donors (Lipinski definition) is 0. The van der Waals surface area contributed by atoms with Crippen molar-refractivity contribution in [2.45, 2.75) is 285 Å². The van der Waals surface area contributed by atoms with Crippen molar-refractivity contribution < 1.29 is 9.53 Å². The van der Waals surface area contributed by atoms with Crippen LogP contribution < -0.4 is 0 Å². The zero-order chi connectivity index (χ0) is 50.7. The van der Waals surface area contributed by atoms with Crippen LogP contribution in [-0.4, -0.2) is 12.1 Å². The Morgan fingerprint density at radius 3 is 1.54 bits per heavy atom. The topological polar surface area (TPSA) is 26.3 Å². The van der Waals surface area contributed by atoms with Crippen LogP contribution in [0.3, 0.4) is 0 Å². The van der Waals surface area contributed by atoms with Crippen molar-refractivity contribution >= 4 is 5.97 Å². The lowest BCUT2D eigenvalue weighted by molar-refractivity contribution is -0.151. The molecule has 402 valence electrons. The van der Waals surface area contributed by atoms with Gasteiger partial charge in [-0.3, -0.25) is 4.79 Å². The highest BCUT2D eigenvalue weighted by atomic mass is 16.5. The van der Waals surface area contributed by atoms with Gasteiger partial charge in [-0.15, -0.1) is 0 Å². The summed E-state index contributed by atoms with van der Waals surface area (Å²) in [5, 5.41) is 0. The Bertz CT molecular complexity index is 1630. The number of allylic oxidation sites excluding steroid dienone is 15. The Morgan fingerprint density at radius 2 is 1.03 bits per heavy atom. The SMILES string of the molecule is CC/C=C\C/C=C\C/C=C\C/C=C\C/C=C\C/C=C\C/C=C\CCCCCCCCCCCCCCCCCCCC(=O)OC1CCC2(C)C(=CCC3C2CCC2(C)C(C(C)CCCC(C)C)CCC32)C1. The first-order valence-corrected chi connectivity index (χ1v) is 31.1. The first-order chi connectivity index (χ1) is 34.7. The molecule has 0 bridgehead atoms. The number of fused-ring (bicyclic) bond motifs is 5. The number of hydrogen-bond acceptors (Lipinski definition) is 2. The fraction of sp³-hybridized carbons (Fsp3) is 0.754. The Balaban J connectivity index is 0.875. The second-order valence-corrected chi connectivity index (χ2v) is 24.3. The summed E-state index contributed by atoms with van der Waals surface area (Å²) in [6, 6.07) is 0. The molecule has 8 unspecified atom stereocenters. The Morgan fingerprint density at radius 1 is 0.549 bits per heavy atom. The molecule has 0 heterocycles. The normalized spacial score (nSPS) is 26.3. The minimum absolute atomic E-state index is 0.0631. The molecule has 4 rings (SSSR count). The second-order valence-electron chi connectivity index (χ2n) is 24.3. The molecule has 8 atom stereocenters. The van der Waals surface area contributed by atoms with E-state index in [0.717, 1.165) is 99.7 Å². The average molecular weight is 976 g/mol. The molecule has 0 aliphatic heterocycles. The lowest BCUT2D eigenvalue weighted by Crippen LogP contribution is -2.51. The van der Waals surface area contributed by atoms with Crippen LogP contribution in [-0.2, 0) is 9.53 Å². The molecule has 2 heteroatoms. The van der Waals surface area contributed by atoms with Gasteiger partial charge in [0.25, 0.3) is 0 Å². The largest absolute Gasteiger partial charge is 0.462 e. The van der Waals surface area contributed by atoms with Gasteiger partial charge in [0.15, 0.2) is 0 Å². The van der Waals surface area contributed by atoms with E-state index in [1.54, 1.807) is 5.57 Å². The molecular weight excluding hydrogens is 861 g/mol. The molecule has 3 saturated carbocycles. The minimum atomic E-state index is 0.0631. The summed E-state index contributed by atoms with van der Waals surface area (Å²) in [4.78, 5) is 13.0. The quantitative estimate of drug-likeness (QED) is 0.0349. The molecular formula is C69H114O2. The predicted molar refractivity (Wildman–Crippen MR) is 313 cm³/mol. The third-order valence-corrected chi connectivity index (χ3v) is 18.3. The van der Waals surface area contributed by atoms with E-state index in [0.29, 0.717) is 17.3 Å². The van der Waals surface area contributed by atoms with Crippen LogP contribution >= 0.6 is 0 Å². The van der Waals surface area contributed by atoms with Gasteiger partial charge in [-0.25, -0.2) is 0 Å². The van der Waals surface area contributed by atoms with E-state index in [1.165, 1.54) is 167 Å². The van der Waals surface area contributed by atoms with Gasteiger partial charge in [0.2, 0.25) is 0 Å². The smallest absolute Gasteiger partial charge is 0.306 e. The molecule has 0 spiro atoms. The van der Waals surface area contributed by atoms with Crippen LogP contribution in [0.5, 0.6) is 0 Å². The van der Waals surface area contributed by atoms with Crippen molar-refractivity contribution in [3.63, 3.8) is 0 Å². The van der Waals surface area contributed by atoms with Crippen molar-refractivity contribution in [1.29, 1.82) is 0 Å². The van der Waals surface area contributed by atoms with Gasteiger partial charge >= 0.3 is 5.97 Å². The van der Waals surface area contributed by atoms with Gasteiger partial charge in [0.05, 0.1) is 0 Å². The van der Waals surface area contributed by atoms with Gasteiger partial charge in [0.1, 0.15) is 6.10 Å². The van der Waals surface area contributed by atoms with Crippen LogP contribution in [0, 0.1) is 46.3 Å². The lowest BCUT2D eigenvalue weighted by Gasteiger charge is -2.58. The highest BCUT2D eigenvalue weighted by molar-refractivity contribution is 5.69. The number of carbonyl (C=O) groups is 1. The summed E-state index contributed by atoms with van der Waals surface area (Å²) in [7, 11) is 0. The highest BCUT2D eigenvalue weighted by Gasteiger charge is 2.59. The van der Waals surface area contributed by atoms with Crippen molar-refractivity contribution in [2.24, 2.45) is 46.3 Å². The van der Waals surface area contributed by atoms with E-state index in [1.807, 2.05) is 0 Å². The molecule has 4 aliphatic carbocycles.